The second-order valence-electron chi connectivity index (χ2n) is 6.02. The average Bonchev–Trinajstić information content (AvgIpc) is 3.25. The van der Waals surface area contributed by atoms with Gasteiger partial charge in [-0.1, -0.05) is 6.07 Å². The predicted octanol–water partition coefficient (Wildman–Crippen LogP) is 3.07. The standard InChI is InChI=1S/C16H19NO3/c1-9-2-3-12(16(19)20)8-13(9)17-15(18)14(10-4-5-10)11-6-7-11/h2-3,8,10-11,14H,4-7H2,1H3,(H,17,18)(H,19,20). The molecule has 0 radical (unpaired) electrons. The van der Waals surface area contributed by atoms with Gasteiger partial charge in [0.1, 0.15) is 0 Å². The molecule has 1 amide bonds. The molecule has 2 aliphatic rings. The van der Waals surface area contributed by atoms with Crippen LogP contribution in [0.1, 0.15) is 41.6 Å². The van der Waals surface area contributed by atoms with Gasteiger partial charge in [-0.25, -0.2) is 4.79 Å². The Kier molecular flexibility index (Phi) is 3.24. The largest absolute Gasteiger partial charge is 0.478 e. The third kappa shape index (κ3) is 2.69. The number of carbonyl (C=O) groups excluding carboxylic acids is 1. The summed E-state index contributed by atoms with van der Waals surface area (Å²) in [6.45, 7) is 1.88. The van der Waals surface area contributed by atoms with E-state index < -0.39 is 5.97 Å². The van der Waals surface area contributed by atoms with Crippen molar-refractivity contribution < 1.29 is 14.7 Å². The molecule has 1 aromatic carbocycles. The number of carboxylic acids is 1. The molecule has 0 heterocycles. The highest BCUT2D eigenvalue weighted by atomic mass is 16.4. The highest BCUT2D eigenvalue weighted by Crippen LogP contribution is 2.49. The van der Waals surface area contributed by atoms with Crippen molar-refractivity contribution in [1.82, 2.24) is 0 Å². The maximum atomic E-state index is 12.5. The maximum Gasteiger partial charge on any atom is 0.335 e. The van der Waals surface area contributed by atoms with E-state index >= 15 is 0 Å². The van der Waals surface area contributed by atoms with Gasteiger partial charge in [0.05, 0.1) is 5.56 Å². The van der Waals surface area contributed by atoms with Gasteiger partial charge in [0.25, 0.3) is 0 Å². The molecule has 1 aromatic rings. The Bertz CT molecular complexity index is 547. The van der Waals surface area contributed by atoms with E-state index in [1.165, 1.54) is 0 Å². The van der Waals surface area contributed by atoms with Crippen LogP contribution < -0.4 is 5.32 Å². The van der Waals surface area contributed by atoms with Crippen molar-refractivity contribution in [3.63, 3.8) is 0 Å². The van der Waals surface area contributed by atoms with Gasteiger partial charge in [0.15, 0.2) is 0 Å². The molecule has 2 N–H and O–H groups in total. The lowest BCUT2D eigenvalue weighted by Gasteiger charge is -2.17. The molecular weight excluding hydrogens is 254 g/mol. The van der Waals surface area contributed by atoms with Gasteiger partial charge < -0.3 is 10.4 Å². The van der Waals surface area contributed by atoms with Gasteiger partial charge in [-0.05, 0) is 62.1 Å². The summed E-state index contributed by atoms with van der Waals surface area (Å²) in [4.78, 5) is 23.5. The van der Waals surface area contributed by atoms with Gasteiger partial charge >= 0.3 is 5.97 Å². The summed E-state index contributed by atoms with van der Waals surface area (Å²) in [6, 6.07) is 4.85. The number of carbonyl (C=O) groups is 2. The number of hydrogen-bond donors (Lipinski definition) is 2. The fraction of sp³-hybridized carbons (Fsp3) is 0.500. The third-order valence-corrected chi connectivity index (χ3v) is 4.30. The monoisotopic (exact) mass is 273 g/mol. The summed E-state index contributed by atoms with van der Waals surface area (Å²) in [5.41, 5.74) is 1.73. The molecule has 0 unspecified atom stereocenters. The summed E-state index contributed by atoms with van der Waals surface area (Å²) < 4.78 is 0. The Morgan fingerprint density at radius 2 is 1.80 bits per heavy atom. The van der Waals surface area contributed by atoms with E-state index in [2.05, 4.69) is 5.32 Å². The van der Waals surface area contributed by atoms with Crippen molar-refractivity contribution in [3.8, 4) is 0 Å². The summed E-state index contributed by atoms with van der Waals surface area (Å²) in [6.07, 6.45) is 4.62. The van der Waals surface area contributed by atoms with Crippen molar-refractivity contribution in [3.05, 3.63) is 29.3 Å². The van der Waals surface area contributed by atoms with Crippen LogP contribution in [0.3, 0.4) is 0 Å². The minimum absolute atomic E-state index is 0.0700. The molecule has 2 saturated carbocycles. The lowest BCUT2D eigenvalue weighted by atomic mass is 9.96. The maximum absolute atomic E-state index is 12.5. The summed E-state index contributed by atoms with van der Waals surface area (Å²) >= 11 is 0. The van der Waals surface area contributed by atoms with E-state index in [-0.39, 0.29) is 17.4 Å². The molecule has 4 heteroatoms. The number of hydrogen-bond acceptors (Lipinski definition) is 2. The molecule has 4 nitrogen and oxygen atoms in total. The third-order valence-electron chi connectivity index (χ3n) is 4.30. The van der Waals surface area contributed by atoms with Crippen molar-refractivity contribution in [2.75, 3.05) is 5.32 Å². The van der Waals surface area contributed by atoms with Gasteiger partial charge in [-0.3, -0.25) is 4.79 Å². The first-order valence-electron chi connectivity index (χ1n) is 7.21. The number of carboxylic acid groups (broad SMARTS) is 1. The molecule has 0 aliphatic heterocycles. The van der Waals surface area contributed by atoms with Crippen LogP contribution in [0.15, 0.2) is 18.2 Å². The van der Waals surface area contributed by atoms with Crippen LogP contribution in [0, 0.1) is 24.7 Å². The summed E-state index contributed by atoms with van der Waals surface area (Å²) in [5.74, 6) is 0.320. The first kappa shape index (κ1) is 13.2. The van der Waals surface area contributed by atoms with Crippen LogP contribution in [0.2, 0.25) is 0 Å². The van der Waals surface area contributed by atoms with E-state index in [0.29, 0.717) is 17.5 Å². The quantitative estimate of drug-likeness (QED) is 0.866. The van der Waals surface area contributed by atoms with Crippen LogP contribution in [-0.4, -0.2) is 17.0 Å². The van der Waals surface area contributed by atoms with E-state index in [1.807, 2.05) is 6.92 Å². The summed E-state index contributed by atoms with van der Waals surface area (Å²) in [7, 11) is 0. The Morgan fingerprint density at radius 3 is 2.30 bits per heavy atom. The molecule has 106 valence electrons. The van der Waals surface area contributed by atoms with Crippen LogP contribution in [-0.2, 0) is 4.79 Å². The minimum atomic E-state index is -0.971. The van der Waals surface area contributed by atoms with Gasteiger partial charge in [0.2, 0.25) is 5.91 Å². The minimum Gasteiger partial charge on any atom is -0.478 e. The zero-order valence-electron chi connectivity index (χ0n) is 11.6. The normalized spacial score (nSPS) is 18.1. The topological polar surface area (TPSA) is 66.4 Å². The SMILES string of the molecule is Cc1ccc(C(=O)O)cc1NC(=O)C(C1CC1)C1CC1. The van der Waals surface area contributed by atoms with Gasteiger partial charge in [0, 0.05) is 11.6 Å². The molecule has 3 rings (SSSR count). The van der Waals surface area contributed by atoms with E-state index in [9.17, 15) is 9.59 Å². The molecule has 20 heavy (non-hydrogen) atoms. The molecule has 0 spiro atoms. The molecule has 0 bridgehead atoms. The molecule has 2 fully saturated rings. The molecule has 2 aliphatic carbocycles. The lowest BCUT2D eigenvalue weighted by Crippen LogP contribution is -2.26. The number of aromatic carboxylic acids is 1. The number of anilines is 1. The van der Waals surface area contributed by atoms with E-state index in [4.69, 9.17) is 5.11 Å². The second kappa shape index (κ2) is 4.93. The predicted molar refractivity (Wildman–Crippen MR) is 75.7 cm³/mol. The first-order valence-corrected chi connectivity index (χ1v) is 7.21. The Balaban J connectivity index is 1.77. The highest BCUT2D eigenvalue weighted by Gasteiger charge is 2.45. The summed E-state index contributed by atoms with van der Waals surface area (Å²) in [5, 5.41) is 12.0. The van der Waals surface area contributed by atoms with Crippen LogP contribution in [0.25, 0.3) is 0 Å². The zero-order valence-corrected chi connectivity index (χ0v) is 11.6. The number of aryl methyl sites for hydroxylation is 1. The average molecular weight is 273 g/mol. The number of rotatable bonds is 5. The second-order valence-corrected chi connectivity index (χ2v) is 6.02. The molecule has 0 atom stereocenters. The number of nitrogens with one attached hydrogen (secondary N) is 1. The van der Waals surface area contributed by atoms with Gasteiger partial charge in [-0.2, -0.15) is 0 Å². The number of benzene rings is 1. The van der Waals surface area contributed by atoms with Crippen molar-refractivity contribution in [2.45, 2.75) is 32.6 Å². The highest BCUT2D eigenvalue weighted by molar-refractivity contribution is 5.96. The Morgan fingerprint density at radius 1 is 1.20 bits per heavy atom. The van der Waals surface area contributed by atoms with Crippen LogP contribution in [0.4, 0.5) is 5.69 Å². The van der Waals surface area contributed by atoms with Crippen molar-refractivity contribution in [1.29, 1.82) is 0 Å². The molecule has 0 aromatic heterocycles. The Hall–Kier alpha value is -1.84. The van der Waals surface area contributed by atoms with Crippen LogP contribution in [0.5, 0.6) is 0 Å². The van der Waals surface area contributed by atoms with E-state index in [1.54, 1.807) is 18.2 Å². The van der Waals surface area contributed by atoms with Crippen molar-refractivity contribution in [2.24, 2.45) is 17.8 Å². The smallest absolute Gasteiger partial charge is 0.335 e. The molecular formula is C16H19NO3. The van der Waals surface area contributed by atoms with Gasteiger partial charge in [-0.15, -0.1) is 0 Å². The van der Waals surface area contributed by atoms with Crippen LogP contribution >= 0.6 is 0 Å². The number of amides is 1. The lowest BCUT2D eigenvalue weighted by molar-refractivity contribution is -0.121. The fourth-order valence-corrected chi connectivity index (χ4v) is 2.83. The Labute approximate surface area is 118 Å². The fourth-order valence-electron chi connectivity index (χ4n) is 2.83. The zero-order chi connectivity index (χ0) is 14.3. The molecule has 0 saturated heterocycles. The van der Waals surface area contributed by atoms with E-state index in [0.717, 1.165) is 31.2 Å². The first-order chi connectivity index (χ1) is 9.56. The van der Waals surface area contributed by atoms with Crippen molar-refractivity contribution >= 4 is 17.6 Å².